The van der Waals surface area contributed by atoms with Crippen LogP contribution in [0.1, 0.15) is 33.1 Å². The van der Waals surface area contributed by atoms with E-state index in [0.29, 0.717) is 6.04 Å². The van der Waals surface area contributed by atoms with Crippen molar-refractivity contribution in [2.45, 2.75) is 39.2 Å². The zero-order valence-electron chi connectivity index (χ0n) is 6.76. The van der Waals surface area contributed by atoms with Crippen LogP contribution in [-0.2, 0) is 4.74 Å². The summed E-state index contributed by atoms with van der Waals surface area (Å²) in [5.74, 6) is 0.967. The average molecular weight is 141 g/mol. The Hall–Kier alpha value is -0.530. The van der Waals surface area contributed by atoms with Crippen molar-refractivity contribution in [2.75, 3.05) is 6.61 Å². The third-order valence-corrected chi connectivity index (χ3v) is 1.70. The first-order chi connectivity index (χ1) is 4.86. The maximum atomic E-state index is 5.35. The van der Waals surface area contributed by atoms with Crippen molar-refractivity contribution in [3.05, 3.63) is 0 Å². The topological polar surface area (TPSA) is 21.6 Å². The lowest BCUT2D eigenvalue weighted by atomic mass is 10.3. The molecule has 0 saturated carbocycles. The Labute approximate surface area is 62.3 Å². The maximum absolute atomic E-state index is 5.35. The van der Waals surface area contributed by atoms with Crippen molar-refractivity contribution in [1.29, 1.82) is 0 Å². The first-order valence-corrected chi connectivity index (χ1v) is 4.06. The van der Waals surface area contributed by atoms with Gasteiger partial charge in [-0.3, -0.25) is 0 Å². The van der Waals surface area contributed by atoms with Crippen LogP contribution in [0.2, 0.25) is 0 Å². The predicted octanol–water partition coefficient (Wildman–Crippen LogP) is 1.99. The molecule has 1 heterocycles. The molecule has 0 fully saturated rings. The number of hydrogen-bond donors (Lipinski definition) is 0. The van der Waals surface area contributed by atoms with Crippen molar-refractivity contribution in [3.63, 3.8) is 0 Å². The van der Waals surface area contributed by atoms with Gasteiger partial charge in [-0.2, -0.15) is 0 Å². The van der Waals surface area contributed by atoms with Crippen LogP contribution in [0.4, 0.5) is 0 Å². The lowest BCUT2D eigenvalue weighted by Crippen LogP contribution is -2.03. The minimum absolute atomic E-state index is 0.446. The van der Waals surface area contributed by atoms with Crippen LogP contribution in [0.25, 0.3) is 0 Å². The average Bonchev–Trinajstić information content (AvgIpc) is 2.37. The standard InChI is InChI=1S/C8H15NO/c1-3-5-8-9-7(4-2)6-10-8/h7H,3-6H2,1-2H3/t7-/m0/s1. The highest BCUT2D eigenvalue weighted by molar-refractivity contribution is 5.77. The largest absolute Gasteiger partial charge is 0.479 e. The predicted molar refractivity (Wildman–Crippen MR) is 42.4 cm³/mol. The van der Waals surface area contributed by atoms with Crippen LogP contribution in [0.15, 0.2) is 4.99 Å². The maximum Gasteiger partial charge on any atom is 0.183 e. The Kier molecular flexibility index (Phi) is 2.72. The molecule has 10 heavy (non-hydrogen) atoms. The number of ether oxygens (including phenoxy) is 1. The van der Waals surface area contributed by atoms with Crippen LogP contribution < -0.4 is 0 Å². The Morgan fingerprint density at radius 3 is 2.90 bits per heavy atom. The zero-order chi connectivity index (χ0) is 7.40. The normalized spacial score (nSPS) is 24.2. The first kappa shape index (κ1) is 7.58. The third-order valence-electron chi connectivity index (χ3n) is 1.70. The van der Waals surface area contributed by atoms with E-state index in [4.69, 9.17) is 4.74 Å². The van der Waals surface area contributed by atoms with Gasteiger partial charge in [0.15, 0.2) is 5.90 Å². The molecule has 58 valence electrons. The van der Waals surface area contributed by atoms with E-state index in [0.717, 1.165) is 31.8 Å². The molecule has 0 aromatic heterocycles. The quantitative estimate of drug-likeness (QED) is 0.589. The molecule has 2 nitrogen and oxygen atoms in total. The van der Waals surface area contributed by atoms with Crippen LogP contribution >= 0.6 is 0 Å². The molecule has 0 saturated heterocycles. The van der Waals surface area contributed by atoms with Crippen LogP contribution in [0.3, 0.4) is 0 Å². The summed E-state index contributed by atoms with van der Waals surface area (Å²) in [4.78, 5) is 4.39. The van der Waals surface area contributed by atoms with Gasteiger partial charge in [0.25, 0.3) is 0 Å². The fraction of sp³-hybridized carbons (Fsp3) is 0.875. The summed E-state index contributed by atoms with van der Waals surface area (Å²) >= 11 is 0. The van der Waals surface area contributed by atoms with Crippen molar-refractivity contribution in [3.8, 4) is 0 Å². The lowest BCUT2D eigenvalue weighted by Gasteiger charge is -1.97. The molecule has 0 amide bonds. The summed E-state index contributed by atoms with van der Waals surface area (Å²) in [6.07, 6.45) is 3.25. The van der Waals surface area contributed by atoms with Crippen molar-refractivity contribution in [2.24, 2.45) is 4.99 Å². The molecule has 0 aromatic rings. The lowest BCUT2D eigenvalue weighted by molar-refractivity contribution is 0.307. The molecule has 1 rings (SSSR count). The van der Waals surface area contributed by atoms with E-state index in [1.807, 2.05) is 0 Å². The van der Waals surface area contributed by atoms with Gasteiger partial charge in [-0.1, -0.05) is 13.8 Å². The van der Waals surface area contributed by atoms with Crippen LogP contribution in [-0.4, -0.2) is 18.5 Å². The van der Waals surface area contributed by atoms with Gasteiger partial charge in [0, 0.05) is 6.42 Å². The Morgan fingerprint density at radius 2 is 2.40 bits per heavy atom. The molecular weight excluding hydrogens is 126 g/mol. The molecule has 1 aliphatic rings. The number of hydrogen-bond acceptors (Lipinski definition) is 2. The minimum Gasteiger partial charge on any atom is -0.479 e. The molecule has 2 heteroatoms. The SMILES string of the molecule is CCCC1=N[C@@H](CC)CO1. The first-order valence-electron chi connectivity index (χ1n) is 4.06. The molecule has 0 radical (unpaired) electrons. The third kappa shape index (κ3) is 1.72. The molecular formula is C8H15NO. The fourth-order valence-corrected chi connectivity index (χ4v) is 1.03. The fourth-order valence-electron chi connectivity index (χ4n) is 1.03. The second-order valence-corrected chi connectivity index (χ2v) is 2.65. The van der Waals surface area contributed by atoms with Gasteiger partial charge in [0.1, 0.15) is 6.61 Å². The second kappa shape index (κ2) is 3.59. The van der Waals surface area contributed by atoms with Gasteiger partial charge in [-0.05, 0) is 12.8 Å². The highest BCUT2D eigenvalue weighted by Gasteiger charge is 2.15. The van der Waals surface area contributed by atoms with E-state index in [1.165, 1.54) is 0 Å². The van der Waals surface area contributed by atoms with Gasteiger partial charge in [-0.25, -0.2) is 4.99 Å². The number of nitrogens with zero attached hydrogens (tertiary/aromatic N) is 1. The molecule has 0 aromatic carbocycles. The van der Waals surface area contributed by atoms with E-state index in [-0.39, 0.29) is 0 Å². The number of rotatable bonds is 3. The number of aliphatic imine (C=N–C) groups is 1. The van der Waals surface area contributed by atoms with E-state index in [9.17, 15) is 0 Å². The molecule has 1 aliphatic heterocycles. The van der Waals surface area contributed by atoms with E-state index < -0.39 is 0 Å². The molecule has 0 bridgehead atoms. The monoisotopic (exact) mass is 141 g/mol. The van der Waals surface area contributed by atoms with Crippen molar-refractivity contribution >= 4 is 5.90 Å². The minimum atomic E-state index is 0.446. The van der Waals surface area contributed by atoms with E-state index >= 15 is 0 Å². The Bertz CT molecular complexity index is 131. The summed E-state index contributed by atoms with van der Waals surface area (Å²) in [6, 6.07) is 0.446. The van der Waals surface area contributed by atoms with Gasteiger partial charge in [0.05, 0.1) is 6.04 Å². The molecule has 0 spiro atoms. The Morgan fingerprint density at radius 1 is 1.60 bits per heavy atom. The van der Waals surface area contributed by atoms with Crippen molar-refractivity contribution in [1.82, 2.24) is 0 Å². The molecule has 0 unspecified atom stereocenters. The summed E-state index contributed by atoms with van der Waals surface area (Å²) in [5.41, 5.74) is 0. The molecule has 1 atom stereocenters. The van der Waals surface area contributed by atoms with Gasteiger partial charge >= 0.3 is 0 Å². The highest BCUT2D eigenvalue weighted by atomic mass is 16.5. The Balaban J connectivity index is 2.33. The summed E-state index contributed by atoms with van der Waals surface area (Å²) < 4.78 is 5.35. The van der Waals surface area contributed by atoms with E-state index in [2.05, 4.69) is 18.8 Å². The van der Waals surface area contributed by atoms with Gasteiger partial charge in [0.2, 0.25) is 0 Å². The summed E-state index contributed by atoms with van der Waals surface area (Å²) in [5, 5.41) is 0. The molecule has 0 N–H and O–H groups in total. The van der Waals surface area contributed by atoms with Crippen LogP contribution in [0.5, 0.6) is 0 Å². The van der Waals surface area contributed by atoms with E-state index in [1.54, 1.807) is 0 Å². The van der Waals surface area contributed by atoms with Crippen LogP contribution in [0, 0.1) is 0 Å². The smallest absolute Gasteiger partial charge is 0.183 e. The summed E-state index contributed by atoms with van der Waals surface area (Å²) in [6.45, 7) is 5.10. The summed E-state index contributed by atoms with van der Waals surface area (Å²) in [7, 11) is 0. The van der Waals surface area contributed by atoms with Gasteiger partial charge < -0.3 is 4.74 Å². The zero-order valence-corrected chi connectivity index (χ0v) is 6.76. The van der Waals surface area contributed by atoms with Gasteiger partial charge in [-0.15, -0.1) is 0 Å². The second-order valence-electron chi connectivity index (χ2n) is 2.65. The highest BCUT2D eigenvalue weighted by Crippen LogP contribution is 2.10. The molecule has 0 aliphatic carbocycles. The van der Waals surface area contributed by atoms with Crippen molar-refractivity contribution < 1.29 is 4.74 Å².